The van der Waals surface area contributed by atoms with Crippen LogP contribution in [0, 0.1) is 0 Å². The summed E-state index contributed by atoms with van der Waals surface area (Å²) in [4.78, 5) is 12.7. The summed E-state index contributed by atoms with van der Waals surface area (Å²) in [6.07, 6.45) is 0.969. The van der Waals surface area contributed by atoms with E-state index < -0.39 is 0 Å². The van der Waals surface area contributed by atoms with Gasteiger partial charge in [0.2, 0.25) is 0 Å². The summed E-state index contributed by atoms with van der Waals surface area (Å²) in [5, 5.41) is 3.81. The second kappa shape index (κ2) is 7.32. The number of benzene rings is 2. The summed E-state index contributed by atoms with van der Waals surface area (Å²) < 4.78 is 11.3. The molecule has 4 heteroatoms. The van der Waals surface area contributed by atoms with Gasteiger partial charge in [0.1, 0.15) is 5.58 Å². The number of carbonyl (C=O) groups excluding carboxylic acids is 1. The summed E-state index contributed by atoms with van der Waals surface area (Å²) in [7, 11) is 0. The highest BCUT2D eigenvalue weighted by molar-refractivity contribution is 6.06. The Bertz CT molecular complexity index is 834. The molecule has 0 spiro atoms. The Morgan fingerprint density at radius 3 is 2.54 bits per heavy atom. The van der Waals surface area contributed by atoms with E-state index in [2.05, 4.69) is 12.2 Å². The molecule has 0 aliphatic heterocycles. The SMILES string of the molecule is CCOCc1c(C(=O)Nc2ccc(CC)cc2)oc2ccccc12. The van der Waals surface area contributed by atoms with E-state index in [-0.39, 0.29) is 5.91 Å². The van der Waals surface area contributed by atoms with Crippen molar-refractivity contribution in [2.75, 3.05) is 11.9 Å². The normalized spacial score (nSPS) is 10.9. The van der Waals surface area contributed by atoms with Crippen molar-refractivity contribution >= 4 is 22.6 Å². The minimum absolute atomic E-state index is 0.259. The molecule has 0 fully saturated rings. The number of fused-ring (bicyclic) bond motifs is 1. The maximum absolute atomic E-state index is 12.7. The van der Waals surface area contributed by atoms with E-state index in [9.17, 15) is 4.79 Å². The molecule has 1 amide bonds. The predicted molar refractivity (Wildman–Crippen MR) is 95.3 cm³/mol. The largest absolute Gasteiger partial charge is 0.451 e. The first kappa shape index (κ1) is 16.3. The van der Waals surface area contributed by atoms with Gasteiger partial charge in [0, 0.05) is 23.2 Å². The zero-order chi connectivity index (χ0) is 16.9. The quantitative estimate of drug-likeness (QED) is 0.710. The molecule has 3 rings (SSSR count). The van der Waals surface area contributed by atoms with Crippen LogP contribution >= 0.6 is 0 Å². The van der Waals surface area contributed by atoms with Crippen LogP contribution in [0.4, 0.5) is 5.69 Å². The first-order chi connectivity index (χ1) is 11.7. The van der Waals surface area contributed by atoms with Crippen molar-refractivity contribution in [2.24, 2.45) is 0 Å². The fourth-order valence-electron chi connectivity index (χ4n) is 2.64. The van der Waals surface area contributed by atoms with Gasteiger partial charge in [-0.1, -0.05) is 37.3 Å². The lowest BCUT2D eigenvalue weighted by Gasteiger charge is -2.06. The molecule has 0 aliphatic rings. The molecule has 0 atom stereocenters. The average molecular weight is 323 g/mol. The van der Waals surface area contributed by atoms with Crippen molar-refractivity contribution in [3.05, 3.63) is 65.4 Å². The minimum Gasteiger partial charge on any atom is -0.451 e. The third-order valence-corrected chi connectivity index (χ3v) is 3.98. The molecular formula is C20H21NO3. The second-order valence-electron chi connectivity index (χ2n) is 5.55. The van der Waals surface area contributed by atoms with E-state index in [0.717, 1.165) is 23.1 Å². The number of ether oxygens (including phenoxy) is 1. The highest BCUT2D eigenvalue weighted by Gasteiger charge is 2.20. The zero-order valence-corrected chi connectivity index (χ0v) is 14.0. The van der Waals surface area contributed by atoms with Crippen LogP contribution in [0.15, 0.2) is 52.9 Å². The molecule has 24 heavy (non-hydrogen) atoms. The standard InChI is InChI=1S/C20H21NO3/c1-3-14-9-11-15(12-10-14)21-20(22)19-17(13-23-4-2)16-7-5-6-8-18(16)24-19/h5-12H,3-4,13H2,1-2H3,(H,21,22). The number of furan rings is 1. The van der Waals surface area contributed by atoms with E-state index in [4.69, 9.17) is 9.15 Å². The second-order valence-corrected chi connectivity index (χ2v) is 5.55. The smallest absolute Gasteiger partial charge is 0.291 e. The Morgan fingerprint density at radius 1 is 1.08 bits per heavy atom. The van der Waals surface area contributed by atoms with Crippen LogP contribution in [0.5, 0.6) is 0 Å². The first-order valence-corrected chi connectivity index (χ1v) is 8.21. The zero-order valence-electron chi connectivity index (χ0n) is 14.0. The third kappa shape index (κ3) is 3.34. The highest BCUT2D eigenvalue weighted by Crippen LogP contribution is 2.27. The van der Waals surface area contributed by atoms with E-state index in [1.165, 1.54) is 5.56 Å². The van der Waals surface area contributed by atoms with Crippen LogP contribution in [0.1, 0.15) is 35.5 Å². The summed E-state index contributed by atoms with van der Waals surface area (Å²) in [6.45, 7) is 4.96. The number of carbonyl (C=O) groups is 1. The molecule has 2 aromatic carbocycles. The van der Waals surface area contributed by atoms with Crippen molar-refractivity contribution < 1.29 is 13.9 Å². The molecule has 0 saturated heterocycles. The van der Waals surface area contributed by atoms with Gasteiger partial charge in [-0.2, -0.15) is 0 Å². The number of aryl methyl sites for hydroxylation is 1. The number of nitrogens with one attached hydrogen (secondary N) is 1. The molecular weight excluding hydrogens is 302 g/mol. The Hall–Kier alpha value is -2.59. The summed E-state index contributed by atoms with van der Waals surface area (Å²) >= 11 is 0. The third-order valence-electron chi connectivity index (χ3n) is 3.98. The number of hydrogen-bond acceptors (Lipinski definition) is 3. The fourth-order valence-corrected chi connectivity index (χ4v) is 2.64. The monoisotopic (exact) mass is 323 g/mol. The van der Waals surface area contributed by atoms with Crippen LogP contribution < -0.4 is 5.32 Å². The minimum atomic E-state index is -0.259. The van der Waals surface area contributed by atoms with Gasteiger partial charge in [-0.3, -0.25) is 4.79 Å². The molecule has 4 nitrogen and oxygen atoms in total. The Labute approximate surface area is 141 Å². The van der Waals surface area contributed by atoms with Crippen molar-refractivity contribution in [3.8, 4) is 0 Å². The Morgan fingerprint density at radius 2 is 1.83 bits per heavy atom. The molecule has 3 aromatic rings. The van der Waals surface area contributed by atoms with Gasteiger partial charge >= 0.3 is 0 Å². The van der Waals surface area contributed by atoms with Gasteiger partial charge in [0.25, 0.3) is 5.91 Å². The van der Waals surface area contributed by atoms with E-state index in [1.807, 2.05) is 55.5 Å². The van der Waals surface area contributed by atoms with E-state index in [0.29, 0.717) is 24.6 Å². The summed E-state index contributed by atoms with van der Waals surface area (Å²) in [5.74, 6) is 0.0503. The van der Waals surface area contributed by atoms with Crippen molar-refractivity contribution in [2.45, 2.75) is 26.9 Å². The van der Waals surface area contributed by atoms with E-state index in [1.54, 1.807) is 0 Å². The maximum atomic E-state index is 12.7. The van der Waals surface area contributed by atoms with Crippen LogP contribution in [-0.2, 0) is 17.8 Å². The molecule has 0 saturated carbocycles. The van der Waals surface area contributed by atoms with Gasteiger partial charge in [0.05, 0.1) is 6.61 Å². The van der Waals surface area contributed by atoms with Gasteiger partial charge < -0.3 is 14.5 Å². The molecule has 0 aliphatic carbocycles. The topological polar surface area (TPSA) is 51.5 Å². The van der Waals surface area contributed by atoms with Gasteiger partial charge in [-0.25, -0.2) is 0 Å². The molecule has 0 radical (unpaired) electrons. The lowest BCUT2D eigenvalue weighted by atomic mass is 10.1. The lowest BCUT2D eigenvalue weighted by molar-refractivity contribution is 0.0984. The lowest BCUT2D eigenvalue weighted by Crippen LogP contribution is -2.13. The van der Waals surface area contributed by atoms with Crippen molar-refractivity contribution in [1.29, 1.82) is 0 Å². The first-order valence-electron chi connectivity index (χ1n) is 8.21. The van der Waals surface area contributed by atoms with Crippen molar-refractivity contribution in [1.82, 2.24) is 0 Å². The average Bonchev–Trinajstić information content (AvgIpc) is 2.99. The van der Waals surface area contributed by atoms with Crippen LogP contribution in [0.25, 0.3) is 11.0 Å². The molecule has 124 valence electrons. The van der Waals surface area contributed by atoms with Gasteiger partial charge in [-0.15, -0.1) is 0 Å². The number of hydrogen-bond donors (Lipinski definition) is 1. The number of rotatable bonds is 6. The van der Waals surface area contributed by atoms with E-state index >= 15 is 0 Å². The molecule has 0 bridgehead atoms. The van der Waals surface area contributed by atoms with Crippen molar-refractivity contribution in [3.63, 3.8) is 0 Å². The molecule has 1 aromatic heterocycles. The fraction of sp³-hybridized carbons (Fsp3) is 0.250. The van der Waals surface area contributed by atoms with Crippen LogP contribution in [-0.4, -0.2) is 12.5 Å². The molecule has 1 N–H and O–H groups in total. The number of para-hydroxylation sites is 1. The van der Waals surface area contributed by atoms with Crippen LogP contribution in [0.2, 0.25) is 0 Å². The molecule has 1 heterocycles. The Kier molecular flexibility index (Phi) is 4.96. The summed E-state index contributed by atoms with van der Waals surface area (Å²) in [6, 6.07) is 15.4. The Balaban J connectivity index is 1.90. The summed E-state index contributed by atoms with van der Waals surface area (Å²) in [5.41, 5.74) is 3.46. The number of amides is 1. The van der Waals surface area contributed by atoms with Gasteiger partial charge in [0.15, 0.2) is 5.76 Å². The predicted octanol–water partition coefficient (Wildman–Crippen LogP) is 4.78. The number of anilines is 1. The molecule has 0 unspecified atom stereocenters. The maximum Gasteiger partial charge on any atom is 0.291 e. The van der Waals surface area contributed by atoms with Gasteiger partial charge in [-0.05, 0) is 37.1 Å². The highest BCUT2D eigenvalue weighted by atomic mass is 16.5. The van der Waals surface area contributed by atoms with Crippen LogP contribution in [0.3, 0.4) is 0 Å².